The molecular weight excluding hydrogens is 432 g/mol. The van der Waals surface area contributed by atoms with E-state index >= 15 is 0 Å². The van der Waals surface area contributed by atoms with Crippen LogP contribution in [0.3, 0.4) is 0 Å². The summed E-state index contributed by atoms with van der Waals surface area (Å²) in [5, 5.41) is 1.97. The maximum atomic E-state index is 11.9. The van der Waals surface area contributed by atoms with Gasteiger partial charge in [0, 0.05) is 5.39 Å². The Morgan fingerprint density at radius 3 is 1.60 bits per heavy atom. The van der Waals surface area contributed by atoms with E-state index in [0.717, 1.165) is 16.8 Å². The first-order valence-electron chi connectivity index (χ1n) is 8.55. The largest absolute Gasteiger partial charge is 0.449 e. The molecule has 5 rings (SSSR count). The van der Waals surface area contributed by atoms with E-state index in [-0.39, 0.29) is 22.3 Å². The van der Waals surface area contributed by atoms with Gasteiger partial charge in [0.1, 0.15) is 9.79 Å². The standard InChI is InChI=1S/C20H12O8S2/c21-29(22,23)19-6-5-13-9-17-18(10-14(13)20(19)30(24,25)26)28-16-8-12-4-2-1-3-11(12)7-15(16)27-17/h1-10H,(H,21,22,23)(H,24,25,26). The molecule has 10 heteroatoms. The second-order valence-electron chi connectivity index (χ2n) is 6.71. The SMILES string of the molecule is O=S(=O)(O)c1ccc2cc3c(cc2c1S(=O)(=O)O)Oc1cc2ccccc2cc1O3. The maximum Gasteiger partial charge on any atom is 0.296 e. The monoisotopic (exact) mass is 444 g/mol. The lowest BCUT2D eigenvalue weighted by Crippen LogP contribution is -2.09. The minimum Gasteiger partial charge on any atom is -0.449 e. The molecule has 0 unspecified atom stereocenters. The predicted octanol–water partition coefficient (Wildman–Crippen LogP) is 4.38. The van der Waals surface area contributed by atoms with E-state index in [4.69, 9.17) is 9.47 Å². The maximum absolute atomic E-state index is 11.9. The Morgan fingerprint density at radius 1 is 0.600 bits per heavy atom. The number of benzene rings is 4. The van der Waals surface area contributed by atoms with Crippen molar-refractivity contribution in [2.24, 2.45) is 0 Å². The molecule has 0 saturated heterocycles. The van der Waals surface area contributed by atoms with Crippen molar-refractivity contribution >= 4 is 41.8 Å². The summed E-state index contributed by atoms with van der Waals surface area (Å²) in [7, 11) is -9.91. The number of ether oxygens (including phenoxy) is 2. The predicted molar refractivity (Wildman–Crippen MR) is 108 cm³/mol. The highest BCUT2D eigenvalue weighted by atomic mass is 32.2. The molecule has 4 aromatic rings. The van der Waals surface area contributed by atoms with Gasteiger partial charge in [-0.25, -0.2) is 0 Å². The molecule has 152 valence electrons. The molecule has 0 amide bonds. The average Bonchev–Trinajstić information content (AvgIpc) is 2.66. The van der Waals surface area contributed by atoms with Gasteiger partial charge in [0.05, 0.1) is 0 Å². The van der Waals surface area contributed by atoms with Crippen molar-refractivity contribution in [3.8, 4) is 23.0 Å². The molecule has 1 heterocycles. The van der Waals surface area contributed by atoms with Crippen LogP contribution in [0.2, 0.25) is 0 Å². The van der Waals surface area contributed by atoms with Crippen LogP contribution < -0.4 is 9.47 Å². The van der Waals surface area contributed by atoms with E-state index in [1.807, 2.05) is 30.3 Å². The fourth-order valence-corrected chi connectivity index (χ4v) is 5.50. The first-order chi connectivity index (χ1) is 14.1. The molecule has 1 aliphatic heterocycles. The van der Waals surface area contributed by atoms with Gasteiger partial charge in [0.2, 0.25) is 0 Å². The first kappa shape index (κ1) is 18.8. The molecule has 0 aliphatic carbocycles. The normalized spacial score (nSPS) is 13.4. The van der Waals surface area contributed by atoms with Gasteiger partial charge in [-0.2, -0.15) is 16.8 Å². The zero-order valence-corrected chi connectivity index (χ0v) is 16.6. The molecule has 1 aliphatic rings. The summed E-state index contributed by atoms with van der Waals surface area (Å²) in [4.78, 5) is -1.86. The van der Waals surface area contributed by atoms with Crippen LogP contribution in [0.25, 0.3) is 21.5 Å². The average molecular weight is 444 g/mol. The zero-order valence-electron chi connectivity index (χ0n) is 14.9. The van der Waals surface area contributed by atoms with Crippen LogP contribution in [0.15, 0.2) is 70.5 Å². The van der Waals surface area contributed by atoms with Crippen LogP contribution in [0.5, 0.6) is 23.0 Å². The first-order valence-corrected chi connectivity index (χ1v) is 11.4. The summed E-state index contributed by atoms with van der Waals surface area (Å²) in [6.45, 7) is 0. The molecule has 0 bridgehead atoms. The van der Waals surface area contributed by atoms with Crippen molar-refractivity contribution in [2.45, 2.75) is 9.79 Å². The summed E-state index contributed by atoms with van der Waals surface area (Å²) < 4.78 is 78.0. The fourth-order valence-electron chi connectivity index (χ4n) is 3.51. The van der Waals surface area contributed by atoms with Gasteiger partial charge < -0.3 is 9.47 Å². The smallest absolute Gasteiger partial charge is 0.296 e. The summed E-state index contributed by atoms with van der Waals surface area (Å²) in [6, 6.07) is 16.1. The Morgan fingerprint density at radius 2 is 1.10 bits per heavy atom. The van der Waals surface area contributed by atoms with E-state index in [1.54, 1.807) is 6.07 Å². The van der Waals surface area contributed by atoms with Gasteiger partial charge in [-0.15, -0.1) is 0 Å². The molecule has 0 fully saturated rings. The van der Waals surface area contributed by atoms with Gasteiger partial charge >= 0.3 is 0 Å². The van der Waals surface area contributed by atoms with Crippen molar-refractivity contribution in [3.05, 3.63) is 60.7 Å². The number of hydrogen-bond acceptors (Lipinski definition) is 6. The summed E-state index contributed by atoms with van der Waals surface area (Å²) in [5.74, 6) is 1.26. The van der Waals surface area contributed by atoms with Crippen molar-refractivity contribution in [3.63, 3.8) is 0 Å². The van der Waals surface area contributed by atoms with E-state index in [0.29, 0.717) is 11.5 Å². The molecule has 0 atom stereocenters. The minimum atomic E-state index is -4.99. The molecule has 4 aromatic carbocycles. The molecule has 0 radical (unpaired) electrons. The van der Waals surface area contributed by atoms with Crippen LogP contribution >= 0.6 is 0 Å². The number of fused-ring (bicyclic) bond motifs is 4. The van der Waals surface area contributed by atoms with Crippen LogP contribution in [0.4, 0.5) is 0 Å². The number of rotatable bonds is 2. The Hall–Kier alpha value is -3.18. The summed E-state index contributed by atoms with van der Waals surface area (Å²) in [5.41, 5.74) is 0. The van der Waals surface area contributed by atoms with Crippen LogP contribution in [-0.4, -0.2) is 25.9 Å². The molecule has 0 spiro atoms. The van der Waals surface area contributed by atoms with Gasteiger partial charge in [0.25, 0.3) is 20.2 Å². The van der Waals surface area contributed by atoms with Crippen molar-refractivity contribution in [1.82, 2.24) is 0 Å². The topological polar surface area (TPSA) is 127 Å². The lowest BCUT2D eigenvalue weighted by Gasteiger charge is -2.22. The molecule has 30 heavy (non-hydrogen) atoms. The third-order valence-electron chi connectivity index (χ3n) is 4.79. The summed E-state index contributed by atoms with van der Waals surface area (Å²) in [6.07, 6.45) is 0. The van der Waals surface area contributed by atoms with Crippen molar-refractivity contribution < 1.29 is 35.4 Å². The second-order valence-corrected chi connectivity index (χ2v) is 9.46. The second kappa shape index (κ2) is 6.16. The lowest BCUT2D eigenvalue weighted by atomic mass is 10.1. The molecule has 0 aromatic heterocycles. The third kappa shape index (κ3) is 2.97. The summed E-state index contributed by atoms with van der Waals surface area (Å²) >= 11 is 0. The molecule has 2 N–H and O–H groups in total. The van der Waals surface area contributed by atoms with Crippen LogP contribution in [-0.2, 0) is 20.2 Å². The third-order valence-corrected chi connectivity index (χ3v) is 6.77. The Bertz CT molecular complexity index is 1590. The van der Waals surface area contributed by atoms with Gasteiger partial charge in [-0.3, -0.25) is 9.11 Å². The highest BCUT2D eigenvalue weighted by molar-refractivity contribution is 7.89. The minimum absolute atomic E-state index is 0.127. The van der Waals surface area contributed by atoms with E-state index in [1.165, 1.54) is 18.2 Å². The lowest BCUT2D eigenvalue weighted by molar-refractivity contribution is 0.361. The van der Waals surface area contributed by atoms with Crippen LogP contribution in [0, 0.1) is 0 Å². The fraction of sp³-hybridized carbons (Fsp3) is 0. The highest BCUT2D eigenvalue weighted by Crippen LogP contribution is 2.49. The van der Waals surface area contributed by atoms with Crippen LogP contribution in [0.1, 0.15) is 0 Å². The quantitative estimate of drug-likeness (QED) is 0.384. The Balaban J connectivity index is 1.76. The van der Waals surface area contributed by atoms with Crippen molar-refractivity contribution in [1.29, 1.82) is 0 Å². The Kier molecular flexibility index (Phi) is 3.86. The highest BCUT2D eigenvalue weighted by Gasteiger charge is 2.29. The Labute approximate surface area is 170 Å². The van der Waals surface area contributed by atoms with E-state index < -0.39 is 30.0 Å². The van der Waals surface area contributed by atoms with Gasteiger partial charge in [-0.05, 0) is 46.5 Å². The number of hydrogen-bond donors (Lipinski definition) is 2. The van der Waals surface area contributed by atoms with E-state index in [9.17, 15) is 25.9 Å². The van der Waals surface area contributed by atoms with Gasteiger partial charge in [0.15, 0.2) is 23.0 Å². The molecule has 0 saturated carbocycles. The zero-order chi connectivity index (χ0) is 21.3. The molecular formula is C20H12O8S2. The van der Waals surface area contributed by atoms with Crippen molar-refractivity contribution in [2.75, 3.05) is 0 Å². The molecule has 8 nitrogen and oxygen atoms in total. The van der Waals surface area contributed by atoms with E-state index in [2.05, 4.69) is 0 Å². The van der Waals surface area contributed by atoms with Gasteiger partial charge in [-0.1, -0.05) is 30.3 Å².